The molecule has 0 aliphatic carbocycles. The number of hydrazine groups is 1. The third kappa shape index (κ3) is 11.2. The lowest BCUT2D eigenvalue weighted by Gasteiger charge is -2.30. The van der Waals surface area contributed by atoms with Crippen LogP contribution in [0.5, 0.6) is 0 Å². The van der Waals surface area contributed by atoms with Gasteiger partial charge in [-0.2, -0.15) is 0 Å². The molecule has 3 aromatic rings. The molecule has 42 heavy (non-hydrogen) atoms. The van der Waals surface area contributed by atoms with Crippen LogP contribution in [0, 0.1) is 0 Å². The minimum Gasteiger partial charge on any atom is -0.455 e. The number of alkyl carbamates (subject to hydrolysis) is 1. The van der Waals surface area contributed by atoms with E-state index >= 15 is 0 Å². The zero-order valence-electron chi connectivity index (χ0n) is 25.0. The summed E-state index contributed by atoms with van der Waals surface area (Å²) in [6.07, 6.45) is -0.257. The highest BCUT2D eigenvalue weighted by atomic mass is 16.6. The van der Waals surface area contributed by atoms with Crippen molar-refractivity contribution in [3.05, 3.63) is 90.1 Å². The van der Waals surface area contributed by atoms with E-state index in [0.29, 0.717) is 12.0 Å². The number of esters is 1. The Hall–Kier alpha value is -4.44. The Morgan fingerprint density at radius 1 is 0.786 bits per heavy atom. The van der Waals surface area contributed by atoms with Crippen molar-refractivity contribution >= 4 is 18.2 Å². The standard InChI is InChI=1S/C32H40N4O6/c1-31(2,3)41-29(38)35-26(20-22-12-8-7-9-13-22)27(21-34-36-30(39)42-32(4,5)6)40-28(37)24-17-15-23(16-18-24)25-14-10-11-19-33-25/h7-19,26-27,34H,20-21H2,1-6H3,(H,35,38)(H,36,39). The Morgan fingerprint density at radius 3 is 2.00 bits per heavy atom. The van der Waals surface area contributed by atoms with Crippen molar-refractivity contribution in [3.8, 4) is 11.3 Å². The number of nitrogens with zero attached hydrogens (tertiary/aromatic N) is 1. The lowest BCUT2D eigenvalue weighted by Crippen LogP contribution is -2.54. The van der Waals surface area contributed by atoms with E-state index in [9.17, 15) is 14.4 Å². The van der Waals surface area contributed by atoms with Crippen LogP contribution in [0.15, 0.2) is 79.0 Å². The normalized spacial score (nSPS) is 12.9. The maximum Gasteiger partial charge on any atom is 0.422 e. The molecule has 0 aliphatic rings. The van der Waals surface area contributed by atoms with Crippen molar-refractivity contribution in [2.45, 2.75) is 71.3 Å². The summed E-state index contributed by atoms with van der Waals surface area (Å²) < 4.78 is 16.7. The first kappa shape index (κ1) is 32.1. The quantitative estimate of drug-likeness (QED) is 0.165. The van der Waals surface area contributed by atoms with Gasteiger partial charge in [-0.3, -0.25) is 10.4 Å². The van der Waals surface area contributed by atoms with Gasteiger partial charge in [0.1, 0.15) is 17.3 Å². The van der Waals surface area contributed by atoms with Crippen molar-refractivity contribution in [2.24, 2.45) is 0 Å². The molecule has 2 atom stereocenters. The van der Waals surface area contributed by atoms with Gasteiger partial charge in [-0.05, 0) is 77.8 Å². The third-order valence-electron chi connectivity index (χ3n) is 5.68. The molecule has 2 aromatic carbocycles. The molecule has 10 heteroatoms. The highest BCUT2D eigenvalue weighted by molar-refractivity contribution is 5.90. The van der Waals surface area contributed by atoms with Gasteiger partial charge in [0.15, 0.2) is 0 Å². The van der Waals surface area contributed by atoms with Crippen molar-refractivity contribution < 1.29 is 28.6 Å². The summed E-state index contributed by atoms with van der Waals surface area (Å²) in [5.74, 6) is -0.601. The molecule has 0 saturated carbocycles. The fraction of sp³-hybridized carbons (Fsp3) is 0.375. The second kappa shape index (κ2) is 14.5. The van der Waals surface area contributed by atoms with Crippen LogP contribution in [0.4, 0.5) is 9.59 Å². The van der Waals surface area contributed by atoms with Gasteiger partial charge < -0.3 is 19.5 Å². The first-order valence-electron chi connectivity index (χ1n) is 13.8. The van der Waals surface area contributed by atoms with Crippen LogP contribution in [0.1, 0.15) is 57.5 Å². The summed E-state index contributed by atoms with van der Waals surface area (Å²) in [5, 5.41) is 2.86. The highest BCUT2D eigenvalue weighted by Crippen LogP contribution is 2.19. The van der Waals surface area contributed by atoms with Gasteiger partial charge >= 0.3 is 18.2 Å². The number of ether oxygens (including phenoxy) is 3. The predicted octanol–water partition coefficient (Wildman–Crippen LogP) is 5.44. The van der Waals surface area contributed by atoms with Crippen LogP contribution in [0.2, 0.25) is 0 Å². The van der Waals surface area contributed by atoms with Gasteiger partial charge in [0.25, 0.3) is 0 Å². The van der Waals surface area contributed by atoms with E-state index in [1.54, 1.807) is 72.0 Å². The lowest BCUT2D eigenvalue weighted by molar-refractivity contribution is 0.0122. The van der Waals surface area contributed by atoms with Crippen LogP contribution in [0.3, 0.4) is 0 Å². The molecule has 224 valence electrons. The van der Waals surface area contributed by atoms with Gasteiger partial charge in [-0.15, -0.1) is 0 Å². The number of carbonyl (C=O) groups excluding carboxylic acids is 3. The van der Waals surface area contributed by atoms with E-state index in [2.05, 4.69) is 21.2 Å². The second-order valence-electron chi connectivity index (χ2n) is 11.7. The molecule has 0 bridgehead atoms. The van der Waals surface area contributed by atoms with Gasteiger partial charge in [0.2, 0.25) is 0 Å². The maximum atomic E-state index is 13.3. The summed E-state index contributed by atoms with van der Waals surface area (Å²) in [6, 6.07) is 21.2. The minimum absolute atomic E-state index is 0.0374. The van der Waals surface area contributed by atoms with E-state index in [4.69, 9.17) is 14.2 Å². The molecule has 0 spiro atoms. The summed E-state index contributed by atoms with van der Waals surface area (Å²) in [4.78, 5) is 42.7. The molecule has 0 aliphatic heterocycles. The van der Waals surface area contributed by atoms with E-state index in [1.165, 1.54) is 0 Å². The van der Waals surface area contributed by atoms with Crippen molar-refractivity contribution in [3.63, 3.8) is 0 Å². The molecule has 0 saturated heterocycles. The summed E-state index contributed by atoms with van der Waals surface area (Å²) in [6.45, 7) is 10.5. The van der Waals surface area contributed by atoms with Crippen LogP contribution >= 0.6 is 0 Å². The maximum absolute atomic E-state index is 13.3. The first-order chi connectivity index (χ1) is 19.8. The molecule has 1 heterocycles. The van der Waals surface area contributed by atoms with E-state index in [0.717, 1.165) is 16.8 Å². The Labute approximate surface area is 247 Å². The molecule has 2 unspecified atom stereocenters. The zero-order chi connectivity index (χ0) is 30.8. The third-order valence-corrected chi connectivity index (χ3v) is 5.68. The Bertz CT molecular complexity index is 1300. The zero-order valence-corrected chi connectivity index (χ0v) is 25.0. The Balaban J connectivity index is 1.83. The fourth-order valence-corrected chi connectivity index (χ4v) is 3.91. The van der Waals surface area contributed by atoms with Crippen LogP contribution in [-0.2, 0) is 20.6 Å². The molecule has 0 fully saturated rings. The topological polar surface area (TPSA) is 128 Å². The summed E-state index contributed by atoms with van der Waals surface area (Å²) in [5.41, 5.74) is 6.65. The van der Waals surface area contributed by atoms with Crippen LogP contribution in [-0.4, -0.2) is 53.0 Å². The number of benzene rings is 2. The van der Waals surface area contributed by atoms with Crippen LogP contribution < -0.4 is 16.2 Å². The molecular formula is C32H40N4O6. The van der Waals surface area contributed by atoms with Gasteiger partial charge in [0, 0.05) is 11.8 Å². The average Bonchev–Trinajstić information content (AvgIpc) is 2.91. The number of aromatic nitrogens is 1. The minimum atomic E-state index is -0.921. The summed E-state index contributed by atoms with van der Waals surface area (Å²) in [7, 11) is 0. The van der Waals surface area contributed by atoms with Crippen molar-refractivity contribution in [2.75, 3.05) is 6.54 Å². The number of nitrogens with one attached hydrogen (secondary N) is 3. The van der Waals surface area contributed by atoms with Gasteiger partial charge in [-0.1, -0.05) is 48.5 Å². The van der Waals surface area contributed by atoms with E-state index in [-0.39, 0.29) is 6.54 Å². The van der Waals surface area contributed by atoms with E-state index < -0.39 is 41.5 Å². The molecular weight excluding hydrogens is 536 g/mol. The Kier molecular flexibility index (Phi) is 11.0. The van der Waals surface area contributed by atoms with Gasteiger partial charge in [0.05, 0.1) is 23.8 Å². The fourth-order valence-electron chi connectivity index (χ4n) is 3.91. The Morgan fingerprint density at radius 2 is 1.40 bits per heavy atom. The molecule has 3 rings (SSSR count). The first-order valence-corrected chi connectivity index (χ1v) is 13.8. The number of pyridine rings is 1. The predicted molar refractivity (Wildman–Crippen MR) is 160 cm³/mol. The second-order valence-corrected chi connectivity index (χ2v) is 11.7. The largest absolute Gasteiger partial charge is 0.455 e. The van der Waals surface area contributed by atoms with Gasteiger partial charge in [-0.25, -0.2) is 19.8 Å². The summed E-state index contributed by atoms with van der Waals surface area (Å²) >= 11 is 0. The number of hydrogen-bond acceptors (Lipinski definition) is 8. The number of hydrogen-bond donors (Lipinski definition) is 3. The lowest BCUT2D eigenvalue weighted by atomic mass is 10.0. The van der Waals surface area contributed by atoms with Crippen molar-refractivity contribution in [1.29, 1.82) is 0 Å². The SMILES string of the molecule is CC(C)(C)OC(=O)NNCC(OC(=O)c1ccc(-c2ccccn2)cc1)C(Cc1ccccc1)NC(=O)OC(C)(C)C. The molecule has 2 amide bonds. The number of rotatable bonds is 10. The molecule has 1 aromatic heterocycles. The smallest absolute Gasteiger partial charge is 0.422 e. The number of carbonyl (C=O) groups is 3. The molecule has 0 radical (unpaired) electrons. The van der Waals surface area contributed by atoms with E-state index in [1.807, 2.05) is 48.5 Å². The molecule has 3 N–H and O–H groups in total. The average molecular weight is 577 g/mol. The van der Waals surface area contributed by atoms with Crippen molar-refractivity contribution in [1.82, 2.24) is 21.2 Å². The molecule has 10 nitrogen and oxygen atoms in total. The number of amides is 2. The van der Waals surface area contributed by atoms with Crippen LogP contribution in [0.25, 0.3) is 11.3 Å². The highest BCUT2D eigenvalue weighted by Gasteiger charge is 2.30. The monoisotopic (exact) mass is 576 g/mol.